The second kappa shape index (κ2) is 9.04. The lowest BCUT2D eigenvalue weighted by Gasteiger charge is -2.32. The maximum absolute atomic E-state index is 13.9. The van der Waals surface area contributed by atoms with Gasteiger partial charge in [-0.1, -0.05) is 35.9 Å². The highest BCUT2D eigenvalue weighted by Crippen LogP contribution is 2.45. The van der Waals surface area contributed by atoms with Gasteiger partial charge in [-0.3, -0.25) is 4.79 Å². The first-order chi connectivity index (χ1) is 15.4. The largest absolute Gasteiger partial charge is 0.487 e. The lowest BCUT2D eigenvalue weighted by Crippen LogP contribution is -2.31. The van der Waals surface area contributed by atoms with Crippen molar-refractivity contribution in [2.75, 3.05) is 7.11 Å². The third kappa shape index (κ3) is 4.08. The van der Waals surface area contributed by atoms with Crippen LogP contribution in [0.15, 0.2) is 65.3 Å². The predicted octanol–water partition coefficient (Wildman–Crippen LogP) is 4.52. The van der Waals surface area contributed by atoms with Crippen LogP contribution in [0, 0.1) is 5.82 Å². The topological polar surface area (TPSA) is 87.9 Å². The van der Waals surface area contributed by atoms with Crippen molar-refractivity contribution in [3.63, 3.8) is 0 Å². The van der Waals surface area contributed by atoms with Crippen LogP contribution in [-0.2, 0) is 25.7 Å². The second-order valence-corrected chi connectivity index (χ2v) is 7.90. The fraction of sp³-hybridized carbons (Fsp3) is 0.250. The van der Waals surface area contributed by atoms with Crippen LogP contribution >= 0.6 is 11.6 Å². The summed E-state index contributed by atoms with van der Waals surface area (Å²) in [6.45, 7) is -0.00292. The van der Waals surface area contributed by atoms with Gasteiger partial charge in [-0.2, -0.15) is 0 Å². The highest BCUT2D eigenvalue weighted by Gasteiger charge is 2.41. The molecular weight excluding hydrogens is 437 g/mol. The molecule has 8 heteroatoms. The van der Waals surface area contributed by atoms with Gasteiger partial charge < -0.3 is 19.9 Å². The van der Waals surface area contributed by atoms with Crippen molar-refractivity contribution in [3.05, 3.63) is 87.2 Å². The molecule has 6 nitrogen and oxygen atoms in total. The van der Waals surface area contributed by atoms with E-state index in [0.29, 0.717) is 47.5 Å². The van der Waals surface area contributed by atoms with E-state index < -0.39 is 11.9 Å². The minimum Gasteiger partial charge on any atom is -0.487 e. The molecule has 1 atom stereocenters. The molecule has 0 spiro atoms. The van der Waals surface area contributed by atoms with E-state index in [4.69, 9.17) is 31.5 Å². The van der Waals surface area contributed by atoms with Crippen LogP contribution in [0.2, 0.25) is 5.02 Å². The van der Waals surface area contributed by atoms with Gasteiger partial charge in [-0.05, 0) is 30.2 Å². The van der Waals surface area contributed by atoms with Crippen LogP contribution in [0.3, 0.4) is 0 Å². The molecule has 0 fully saturated rings. The molecule has 0 amide bonds. The van der Waals surface area contributed by atoms with Crippen molar-refractivity contribution in [2.24, 2.45) is 5.73 Å². The van der Waals surface area contributed by atoms with E-state index in [0.717, 1.165) is 0 Å². The molecule has 0 saturated carbocycles. The lowest BCUT2D eigenvalue weighted by molar-refractivity contribution is -0.136. The summed E-state index contributed by atoms with van der Waals surface area (Å²) in [5, 5.41) is 0.249. The monoisotopic (exact) mass is 457 g/mol. The molecule has 2 N–H and O–H groups in total. The molecule has 1 heterocycles. The molecule has 0 aromatic heterocycles. The number of benzene rings is 2. The summed E-state index contributed by atoms with van der Waals surface area (Å²) in [6, 6.07) is 11.2. The van der Waals surface area contributed by atoms with Crippen molar-refractivity contribution >= 4 is 23.4 Å². The first-order valence-corrected chi connectivity index (χ1v) is 10.5. The number of allylic oxidation sites excluding steroid dienone is 2. The van der Waals surface area contributed by atoms with Crippen molar-refractivity contribution in [3.8, 4) is 5.75 Å². The molecule has 166 valence electrons. The Hall–Kier alpha value is -3.32. The number of carbonyl (C=O) groups is 2. The smallest absolute Gasteiger partial charge is 0.340 e. The lowest BCUT2D eigenvalue weighted by atomic mass is 9.77. The third-order valence-electron chi connectivity index (χ3n) is 5.52. The van der Waals surface area contributed by atoms with E-state index in [9.17, 15) is 14.0 Å². The van der Waals surface area contributed by atoms with Gasteiger partial charge in [0.2, 0.25) is 5.88 Å². The number of rotatable bonds is 5. The van der Waals surface area contributed by atoms with E-state index in [1.54, 1.807) is 36.4 Å². The maximum Gasteiger partial charge on any atom is 0.340 e. The Morgan fingerprint density at radius 1 is 1.25 bits per heavy atom. The van der Waals surface area contributed by atoms with Crippen LogP contribution in [0.1, 0.15) is 36.3 Å². The minimum absolute atomic E-state index is 0.00292. The molecular formula is C24H21ClFNO5. The van der Waals surface area contributed by atoms with Crippen molar-refractivity contribution < 1.29 is 28.2 Å². The summed E-state index contributed by atoms with van der Waals surface area (Å²) in [5.74, 6) is -1.22. The Balaban J connectivity index is 1.69. The van der Waals surface area contributed by atoms with Gasteiger partial charge in [0.05, 0.1) is 18.1 Å². The number of ether oxygens (including phenoxy) is 3. The highest BCUT2D eigenvalue weighted by atomic mass is 35.5. The number of hydrogen-bond donors (Lipinski definition) is 1. The van der Waals surface area contributed by atoms with Crippen LogP contribution < -0.4 is 10.5 Å². The van der Waals surface area contributed by atoms with Gasteiger partial charge in [-0.15, -0.1) is 0 Å². The molecule has 2 aliphatic rings. The molecule has 0 radical (unpaired) electrons. The van der Waals surface area contributed by atoms with E-state index in [1.807, 2.05) is 0 Å². The summed E-state index contributed by atoms with van der Waals surface area (Å²) < 4.78 is 30.1. The van der Waals surface area contributed by atoms with Crippen LogP contribution in [0.25, 0.3) is 0 Å². The van der Waals surface area contributed by atoms with Gasteiger partial charge in [0.15, 0.2) is 5.78 Å². The number of Topliss-reactive ketones (excluding diaryl/α,β-unsaturated/α-hetero) is 1. The fourth-order valence-electron chi connectivity index (χ4n) is 3.98. The average molecular weight is 458 g/mol. The minimum atomic E-state index is -0.767. The van der Waals surface area contributed by atoms with Gasteiger partial charge in [0.25, 0.3) is 0 Å². The molecule has 0 unspecified atom stereocenters. The van der Waals surface area contributed by atoms with Crippen LogP contribution in [0.4, 0.5) is 4.39 Å². The number of esters is 1. The third-order valence-corrected chi connectivity index (χ3v) is 5.82. The molecule has 1 aliphatic carbocycles. The molecule has 32 heavy (non-hydrogen) atoms. The highest BCUT2D eigenvalue weighted by molar-refractivity contribution is 6.32. The SMILES string of the molecule is COC(=O)C1=C(N)OC2=C(C(=O)CCC2)[C@H]1c1ccc(OCc2ccccc2F)c(Cl)c1. The number of halogens is 2. The molecule has 0 saturated heterocycles. The van der Waals surface area contributed by atoms with Crippen molar-refractivity contribution in [2.45, 2.75) is 31.8 Å². The van der Waals surface area contributed by atoms with Crippen molar-refractivity contribution in [1.29, 1.82) is 0 Å². The fourth-order valence-corrected chi connectivity index (χ4v) is 4.23. The molecule has 0 bridgehead atoms. The van der Waals surface area contributed by atoms with Crippen LogP contribution in [0.5, 0.6) is 5.75 Å². The molecule has 2 aromatic carbocycles. The quantitative estimate of drug-likeness (QED) is 0.664. The second-order valence-electron chi connectivity index (χ2n) is 7.49. The van der Waals surface area contributed by atoms with E-state index in [1.165, 1.54) is 13.2 Å². The van der Waals surface area contributed by atoms with E-state index in [-0.39, 0.29) is 34.7 Å². The Kier molecular flexibility index (Phi) is 6.19. The molecule has 2 aromatic rings. The molecule has 4 rings (SSSR count). The summed E-state index contributed by atoms with van der Waals surface area (Å²) in [5.41, 5.74) is 7.46. The summed E-state index contributed by atoms with van der Waals surface area (Å²) in [7, 11) is 1.24. The van der Waals surface area contributed by atoms with E-state index in [2.05, 4.69) is 0 Å². The van der Waals surface area contributed by atoms with Crippen LogP contribution in [-0.4, -0.2) is 18.9 Å². The normalized spacial score (nSPS) is 18.2. The van der Waals surface area contributed by atoms with E-state index >= 15 is 0 Å². The Labute approximate surface area is 189 Å². The number of nitrogens with two attached hydrogens (primary N) is 1. The van der Waals surface area contributed by atoms with Gasteiger partial charge >= 0.3 is 5.97 Å². The number of carbonyl (C=O) groups excluding carboxylic acids is 2. The Morgan fingerprint density at radius 2 is 2.03 bits per heavy atom. The Bertz CT molecular complexity index is 1160. The van der Waals surface area contributed by atoms with Crippen molar-refractivity contribution in [1.82, 2.24) is 0 Å². The zero-order chi connectivity index (χ0) is 22.8. The van der Waals surface area contributed by atoms with Gasteiger partial charge in [-0.25, -0.2) is 9.18 Å². The Morgan fingerprint density at radius 3 is 2.75 bits per heavy atom. The zero-order valence-electron chi connectivity index (χ0n) is 17.3. The van der Waals surface area contributed by atoms with Gasteiger partial charge in [0.1, 0.15) is 29.5 Å². The molecule has 1 aliphatic heterocycles. The first-order valence-electron chi connectivity index (χ1n) is 10.1. The number of methoxy groups -OCH3 is 1. The average Bonchev–Trinajstić information content (AvgIpc) is 2.78. The summed E-state index contributed by atoms with van der Waals surface area (Å²) >= 11 is 6.45. The summed E-state index contributed by atoms with van der Waals surface area (Å²) in [4.78, 5) is 25.3. The number of hydrogen-bond acceptors (Lipinski definition) is 6. The van der Waals surface area contributed by atoms with Gasteiger partial charge in [0, 0.05) is 24.0 Å². The first kappa shape index (κ1) is 21.9. The maximum atomic E-state index is 13.9. The standard InChI is InChI=1S/C24H21ClFNO5/c1-30-24(29)22-20(21-17(28)7-4-8-19(21)32-23(22)27)13-9-10-18(15(25)11-13)31-12-14-5-2-3-6-16(14)26/h2-3,5-6,9-11,20H,4,7-8,12,27H2,1H3/t20-/m1/s1. The number of ketones is 1. The predicted molar refractivity (Wildman–Crippen MR) is 115 cm³/mol. The summed E-state index contributed by atoms with van der Waals surface area (Å²) in [6.07, 6.45) is 1.55. The zero-order valence-corrected chi connectivity index (χ0v) is 18.1.